The predicted octanol–water partition coefficient (Wildman–Crippen LogP) is 4.30. The summed E-state index contributed by atoms with van der Waals surface area (Å²) in [4.78, 5) is 5.37. The van der Waals surface area contributed by atoms with Gasteiger partial charge in [0.2, 0.25) is 0 Å². The highest BCUT2D eigenvalue weighted by Gasteiger charge is 2.05. The SMILES string of the molecule is CC[C@@H](N)c1ccc(Sc2ncccc2Cl)cc1. The number of nitrogens with zero attached hydrogens (tertiary/aromatic N) is 1. The normalized spacial score (nSPS) is 12.4. The number of benzene rings is 1. The monoisotopic (exact) mass is 278 g/mol. The maximum absolute atomic E-state index is 6.07. The van der Waals surface area contributed by atoms with Crippen LogP contribution in [0.2, 0.25) is 5.02 Å². The van der Waals surface area contributed by atoms with Gasteiger partial charge in [0.1, 0.15) is 5.03 Å². The molecule has 0 fully saturated rings. The molecule has 18 heavy (non-hydrogen) atoms. The van der Waals surface area contributed by atoms with Crippen molar-refractivity contribution in [3.63, 3.8) is 0 Å². The van der Waals surface area contributed by atoms with E-state index >= 15 is 0 Å². The molecule has 0 unspecified atom stereocenters. The summed E-state index contributed by atoms with van der Waals surface area (Å²) in [5, 5.41) is 1.50. The fraction of sp³-hybridized carbons (Fsp3) is 0.214. The van der Waals surface area contributed by atoms with Gasteiger partial charge >= 0.3 is 0 Å². The van der Waals surface area contributed by atoms with E-state index in [4.69, 9.17) is 17.3 Å². The minimum Gasteiger partial charge on any atom is -0.324 e. The van der Waals surface area contributed by atoms with Crippen molar-refractivity contribution in [3.8, 4) is 0 Å². The van der Waals surface area contributed by atoms with Crippen LogP contribution in [-0.4, -0.2) is 4.98 Å². The lowest BCUT2D eigenvalue weighted by Gasteiger charge is -2.09. The molecule has 0 aliphatic rings. The Kier molecular flexibility index (Phi) is 4.64. The standard InChI is InChI=1S/C14H15ClN2S/c1-2-13(16)10-5-7-11(8-6-10)18-14-12(15)4-3-9-17-14/h3-9,13H,2,16H2,1H3/t13-/m1/s1. The van der Waals surface area contributed by atoms with Crippen LogP contribution in [0.5, 0.6) is 0 Å². The van der Waals surface area contributed by atoms with E-state index in [9.17, 15) is 0 Å². The first-order valence-electron chi connectivity index (χ1n) is 5.84. The molecule has 2 nitrogen and oxygen atoms in total. The molecule has 2 aromatic rings. The number of pyridine rings is 1. The second-order valence-corrected chi connectivity index (χ2v) is 5.45. The molecule has 0 aliphatic heterocycles. The molecule has 0 spiro atoms. The Labute approximate surface area is 117 Å². The highest BCUT2D eigenvalue weighted by molar-refractivity contribution is 7.99. The van der Waals surface area contributed by atoms with Crippen LogP contribution in [0.25, 0.3) is 0 Å². The van der Waals surface area contributed by atoms with Gasteiger partial charge in [-0.05, 0) is 36.2 Å². The van der Waals surface area contributed by atoms with Gasteiger partial charge < -0.3 is 5.73 Å². The fourth-order valence-corrected chi connectivity index (χ4v) is 2.59. The van der Waals surface area contributed by atoms with Crippen LogP contribution >= 0.6 is 23.4 Å². The van der Waals surface area contributed by atoms with E-state index in [0.717, 1.165) is 21.9 Å². The molecule has 0 aliphatic carbocycles. The van der Waals surface area contributed by atoms with Gasteiger partial charge in [0, 0.05) is 17.1 Å². The first kappa shape index (κ1) is 13.4. The van der Waals surface area contributed by atoms with Crippen LogP contribution in [-0.2, 0) is 0 Å². The number of nitrogens with two attached hydrogens (primary N) is 1. The molecule has 2 N–H and O–H groups in total. The summed E-state index contributed by atoms with van der Waals surface area (Å²) in [5.41, 5.74) is 7.14. The Morgan fingerprint density at radius 2 is 2.00 bits per heavy atom. The molecular formula is C14H15ClN2S. The fourth-order valence-electron chi connectivity index (χ4n) is 1.58. The molecule has 0 saturated carbocycles. The van der Waals surface area contributed by atoms with Crippen molar-refractivity contribution in [2.45, 2.75) is 29.3 Å². The number of hydrogen-bond acceptors (Lipinski definition) is 3. The van der Waals surface area contributed by atoms with Gasteiger partial charge in [-0.2, -0.15) is 0 Å². The second-order valence-electron chi connectivity index (χ2n) is 3.98. The van der Waals surface area contributed by atoms with Crippen LogP contribution < -0.4 is 5.73 Å². The number of rotatable bonds is 4. The van der Waals surface area contributed by atoms with Crippen LogP contribution in [0.15, 0.2) is 52.5 Å². The van der Waals surface area contributed by atoms with Crippen molar-refractivity contribution in [3.05, 3.63) is 53.2 Å². The molecule has 94 valence electrons. The van der Waals surface area contributed by atoms with Gasteiger partial charge in [0.05, 0.1) is 5.02 Å². The van der Waals surface area contributed by atoms with Crippen LogP contribution in [0.4, 0.5) is 0 Å². The molecule has 1 aromatic carbocycles. The van der Waals surface area contributed by atoms with Crippen molar-refractivity contribution < 1.29 is 0 Å². The summed E-state index contributed by atoms with van der Waals surface area (Å²) in [6.07, 6.45) is 2.69. The van der Waals surface area contributed by atoms with Gasteiger partial charge in [-0.15, -0.1) is 0 Å². The van der Waals surface area contributed by atoms with Crippen molar-refractivity contribution >= 4 is 23.4 Å². The second kappa shape index (κ2) is 6.23. The van der Waals surface area contributed by atoms with Crippen molar-refractivity contribution in [2.75, 3.05) is 0 Å². The third kappa shape index (κ3) is 3.25. The summed E-state index contributed by atoms with van der Waals surface area (Å²) < 4.78 is 0. The molecule has 1 heterocycles. The Balaban J connectivity index is 2.14. The molecular weight excluding hydrogens is 264 g/mol. The zero-order chi connectivity index (χ0) is 13.0. The van der Waals surface area contributed by atoms with Gasteiger partial charge in [-0.3, -0.25) is 0 Å². The van der Waals surface area contributed by atoms with E-state index in [1.807, 2.05) is 12.1 Å². The molecule has 1 atom stereocenters. The van der Waals surface area contributed by atoms with Gasteiger partial charge in [0.25, 0.3) is 0 Å². The van der Waals surface area contributed by atoms with Crippen molar-refractivity contribution in [2.24, 2.45) is 5.73 Å². The zero-order valence-electron chi connectivity index (χ0n) is 10.1. The zero-order valence-corrected chi connectivity index (χ0v) is 11.7. The third-order valence-electron chi connectivity index (χ3n) is 2.69. The molecule has 1 aromatic heterocycles. The van der Waals surface area contributed by atoms with Gasteiger partial charge in [0.15, 0.2) is 0 Å². The Bertz CT molecular complexity index is 513. The molecule has 0 saturated heterocycles. The van der Waals surface area contributed by atoms with Crippen molar-refractivity contribution in [1.29, 1.82) is 0 Å². The number of aromatic nitrogens is 1. The summed E-state index contributed by atoms with van der Waals surface area (Å²) >= 11 is 7.63. The summed E-state index contributed by atoms with van der Waals surface area (Å²) in [6, 6.07) is 12.0. The van der Waals surface area contributed by atoms with Gasteiger partial charge in [-0.25, -0.2) is 4.98 Å². The lowest BCUT2D eigenvalue weighted by molar-refractivity contribution is 0.698. The molecule has 0 amide bonds. The first-order chi connectivity index (χ1) is 8.70. The Hall–Kier alpha value is -1.03. The Morgan fingerprint density at radius 3 is 2.61 bits per heavy atom. The van der Waals surface area contributed by atoms with E-state index in [2.05, 4.69) is 36.2 Å². The van der Waals surface area contributed by atoms with Gasteiger partial charge in [-0.1, -0.05) is 42.4 Å². The van der Waals surface area contributed by atoms with E-state index in [1.54, 1.807) is 18.0 Å². The van der Waals surface area contributed by atoms with Crippen LogP contribution in [0, 0.1) is 0 Å². The molecule has 4 heteroatoms. The minimum atomic E-state index is 0.113. The van der Waals surface area contributed by atoms with Crippen molar-refractivity contribution in [1.82, 2.24) is 4.98 Å². The average Bonchev–Trinajstić information content (AvgIpc) is 2.41. The van der Waals surface area contributed by atoms with E-state index in [0.29, 0.717) is 5.02 Å². The van der Waals surface area contributed by atoms with E-state index in [-0.39, 0.29) is 6.04 Å². The van der Waals surface area contributed by atoms with E-state index < -0.39 is 0 Å². The van der Waals surface area contributed by atoms with Crippen LogP contribution in [0.1, 0.15) is 24.9 Å². The predicted molar refractivity (Wildman–Crippen MR) is 77.0 cm³/mol. The third-order valence-corrected chi connectivity index (χ3v) is 4.13. The largest absolute Gasteiger partial charge is 0.324 e. The average molecular weight is 279 g/mol. The number of halogens is 1. The quantitative estimate of drug-likeness (QED) is 0.906. The smallest absolute Gasteiger partial charge is 0.119 e. The molecule has 0 radical (unpaired) electrons. The molecule has 2 rings (SSSR count). The summed E-state index contributed by atoms with van der Waals surface area (Å²) in [6.45, 7) is 2.08. The highest BCUT2D eigenvalue weighted by atomic mass is 35.5. The summed E-state index contributed by atoms with van der Waals surface area (Å²) in [5.74, 6) is 0. The van der Waals surface area contributed by atoms with Crippen LogP contribution in [0.3, 0.4) is 0 Å². The molecule has 0 bridgehead atoms. The highest BCUT2D eigenvalue weighted by Crippen LogP contribution is 2.31. The topological polar surface area (TPSA) is 38.9 Å². The lowest BCUT2D eigenvalue weighted by atomic mass is 10.1. The maximum atomic E-state index is 6.07. The summed E-state index contributed by atoms with van der Waals surface area (Å²) in [7, 11) is 0. The first-order valence-corrected chi connectivity index (χ1v) is 7.04. The number of hydrogen-bond donors (Lipinski definition) is 1. The van der Waals surface area contributed by atoms with E-state index in [1.165, 1.54) is 0 Å². The Morgan fingerprint density at radius 1 is 1.28 bits per heavy atom. The minimum absolute atomic E-state index is 0.113. The maximum Gasteiger partial charge on any atom is 0.119 e. The lowest BCUT2D eigenvalue weighted by Crippen LogP contribution is -2.07.